The number of nitrogens with one attached hydrogen (secondary N) is 1. The first-order valence-corrected chi connectivity index (χ1v) is 7.01. The Balaban J connectivity index is 2.20. The molecule has 0 aliphatic carbocycles. The fourth-order valence-corrected chi connectivity index (χ4v) is 2.64. The smallest absolute Gasteiger partial charge is 0.352 e. The van der Waals surface area contributed by atoms with E-state index in [4.69, 9.17) is 14.2 Å². The number of hydrogen-bond acceptors (Lipinski definition) is 7. The molecular formula is C15H16N4O5. The SMILES string of the molecule is COc1ccc([C@H]2C=C(C(=O)O)Nc3ncnn32)c(OC)c1OC. The number of rotatable bonds is 5. The maximum absolute atomic E-state index is 11.4. The molecule has 126 valence electrons. The summed E-state index contributed by atoms with van der Waals surface area (Å²) < 4.78 is 17.7. The van der Waals surface area contributed by atoms with E-state index in [1.165, 1.54) is 33.7 Å². The highest BCUT2D eigenvalue weighted by Gasteiger charge is 2.29. The van der Waals surface area contributed by atoms with Crippen LogP contribution in [0.15, 0.2) is 30.2 Å². The average molecular weight is 332 g/mol. The Morgan fingerprint density at radius 1 is 1.21 bits per heavy atom. The quantitative estimate of drug-likeness (QED) is 0.843. The summed E-state index contributed by atoms with van der Waals surface area (Å²) in [7, 11) is 4.54. The number of carbonyl (C=O) groups is 1. The number of benzene rings is 1. The Labute approximate surface area is 137 Å². The van der Waals surface area contributed by atoms with Gasteiger partial charge in [0, 0.05) is 5.56 Å². The maximum atomic E-state index is 11.4. The van der Waals surface area contributed by atoms with Crippen molar-refractivity contribution >= 4 is 11.9 Å². The fourth-order valence-electron chi connectivity index (χ4n) is 2.64. The van der Waals surface area contributed by atoms with Gasteiger partial charge >= 0.3 is 5.97 Å². The van der Waals surface area contributed by atoms with Crippen molar-refractivity contribution in [3.05, 3.63) is 35.8 Å². The number of carboxylic acids is 1. The van der Waals surface area contributed by atoms with Crippen LogP contribution in [0.5, 0.6) is 17.2 Å². The molecule has 0 saturated carbocycles. The predicted molar refractivity (Wildman–Crippen MR) is 83.6 cm³/mol. The molecule has 1 aliphatic rings. The number of hydrogen-bond donors (Lipinski definition) is 2. The van der Waals surface area contributed by atoms with E-state index in [0.717, 1.165) is 0 Å². The number of aromatic nitrogens is 3. The molecule has 2 heterocycles. The van der Waals surface area contributed by atoms with Crippen LogP contribution in [0.2, 0.25) is 0 Å². The second-order valence-corrected chi connectivity index (χ2v) is 4.91. The number of allylic oxidation sites excluding steroid dienone is 1. The van der Waals surface area contributed by atoms with Gasteiger partial charge in [0.25, 0.3) is 0 Å². The molecule has 24 heavy (non-hydrogen) atoms. The Morgan fingerprint density at radius 3 is 2.58 bits per heavy atom. The molecule has 2 aromatic rings. The number of nitrogens with zero attached hydrogens (tertiary/aromatic N) is 3. The van der Waals surface area contributed by atoms with Gasteiger partial charge in [-0.2, -0.15) is 10.1 Å². The number of ether oxygens (including phenoxy) is 3. The third kappa shape index (κ3) is 2.39. The van der Waals surface area contributed by atoms with Gasteiger partial charge in [0.1, 0.15) is 18.1 Å². The summed E-state index contributed by atoms with van der Waals surface area (Å²) in [4.78, 5) is 15.4. The second-order valence-electron chi connectivity index (χ2n) is 4.91. The Kier molecular flexibility index (Phi) is 3.98. The van der Waals surface area contributed by atoms with Crippen LogP contribution < -0.4 is 19.5 Å². The van der Waals surface area contributed by atoms with Crippen molar-refractivity contribution in [3.63, 3.8) is 0 Å². The highest BCUT2D eigenvalue weighted by Crippen LogP contribution is 2.44. The molecule has 0 spiro atoms. The molecule has 0 unspecified atom stereocenters. The summed E-state index contributed by atoms with van der Waals surface area (Å²) >= 11 is 0. The number of carboxylic acid groups (broad SMARTS) is 1. The third-order valence-corrected chi connectivity index (χ3v) is 3.69. The minimum absolute atomic E-state index is 0.0114. The van der Waals surface area contributed by atoms with Gasteiger partial charge in [0.15, 0.2) is 11.5 Å². The minimum Gasteiger partial charge on any atom is -0.493 e. The monoisotopic (exact) mass is 332 g/mol. The molecule has 0 bridgehead atoms. The lowest BCUT2D eigenvalue weighted by Crippen LogP contribution is -2.24. The Bertz CT molecular complexity index is 814. The normalized spacial score (nSPS) is 15.8. The van der Waals surface area contributed by atoms with Gasteiger partial charge in [-0.25, -0.2) is 9.48 Å². The number of aliphatic carboxylic acids is 1. The van der Waals surface area contributed by atoms with Crippen molar-refractivity contribution in [3.8, 4) is 17.2 Å². The maximum Gasteiger partial charge on any atom is 0.352 e. The number of anilines is 1. The lowest BCUT2D eigenvalue weighted by Gasteiger charge is -2.25. The molecule has 9 nitrogen and oxygen atoms in total. The van der Waals surface area contributed by atoms with Gasteiger partial charge in [-0.1, -0.05) is 0 Å². The van der Waals surface area contributed by atoms with Gasteiger partial charge in [-0.05, 0) is 18.2 Å². The summed E-state index contributed by atoms with van der Waals surface area (Å²) in [5.74, 6) is 0.605. The van der Waals surface area contributed by atoms with Gasteiger partial charge < -0.3 is 24.6 Å². The summed E-state index contributed by atoms with van der Waals surface area (Å²) in [6, 6.07) is 2.98. The van der Waals surface area contributed by atoms with E-state index in [1.54, 1.807) is 16.8 Å². The molecule has 1 aliphatic heterocycles. The van der Waals surface area contributed by atoms with Crippen molar-refractivity contribution in [2.45, 2.75) is 6.04 Å². The first-order chi connectivity index (χ1) is 11.6. The lowest BCUT2D eigenvalue weighted by molar-refractivity contribution is -0.132. The van der Waals surface area contributed by atoms with Crippen molar-refractivity contribution in [2.75, 3.05) is 26.6 Å². The van der Waals surface area contributed by atoms with Crippen molar-refractivity contribution in [2.24, 2.45) is 0 Å². The number of fused-ring (bicyclic) bond motifs is 1. The van der Waals surface area contributed by atoms with Crippen LogP contribution in [-0.4, -0.2) is 47.2 Å². The third-order valence-electron chi connectivity index (χ3n) is 3.69. The lowest BCUT2D eigenvalue weighted by atomic mass is 10.0. The van der Waals surface area contributed by atoms with Crippen LogP contribution in [0.3, 0.4) is 0 Å². The molecule has 0 radical (unpaired) electrons. The van der Waals surface area contributed by atoms with Gasteiger partial charge in [-0.15, -0.1) is 0 Å². The largest absolute Gasteiger partial charge is 0.493 e. The van der Waals surface area contributed by atoms with Crippen LogP contribution in [-0.2, 0) is 4.79 Å². The zero-order valence-corrected chi connectivity index (χ0v) is 13.3. The fraction of sp³-hybridized carbons (Fsp3) is 0.267. The molecule has 3 rings (SSSR count). The molecule has 1 aromatic heterocycles. The highest BCUT2D eigenvalue weighted by atomic mass is 16.5. The second kappa shape index (κ2) is 6.11. The van der Waals surface area contributed by atoms with Crippen LogP contribution in [0.4, 0.5) is 5.95 Å². The van der Waals surface area contributed by atoms with Crippen LogP contribution in [0, 0.1) is 0 Å². The van der Waals surface area contributed by atoms with E-state index in [1.807, 2.05) is 0 Å². The Morgan fingerprint density at radius 2 is 1.96 bits per heavy atom. The zero-order chi connectivity index (χ0) is 17.3. The van der Waals surface area contributed by atoms with E-state index in [9.17, 15) is 9.90 Å². The van der Waals surface area contributed by atoms with Crippen LogP contribution in [0.25, 0.3) is 0 Å². The van der Waals surface area contributed by atoms with Gasteiger partial charge in [-0.3, -0.25) is 0 Å². The van der Waals surface area contributed by atoms with Crippen LogP contribution in [0.1, 0.15) is 11.6 Å². The molecule has 0 fully saturated rings. The van der Waals surface area contributed by atoms with Crippen LogP contribution >= 0.6 is 0 Å². The first kappa shape index (κ1) is 15.7. The molecule has 1 aromatic carbocycles. The standard InChI is InChI=1S/C15H16N4O5/c1-22-11-5-4-8(12(23-2)13(11)24-3)10-6-9(14(20)21)18-15-16-7-17-19(10)15/h4-7,10H,1-3H3,(H,20,21)(H,16,17,18)/t10-/m1/s1. The summed E-state index contributed by atoms with van der Waals surface area (Å²) in [5, 5.41) is 16.2. The van der Waals surface area contributed by atoms with E-state index in [-0.39, 0.29) is 5.70 Å². The summed E-state index contributed by atoms with van der Waals surface area (Å²) in [5.41, 5.74) is 0.680. The highest BCUT2D eigenvalue weighted by molar-refractivity contribution is 5.90. The topological polar surface area (TPSA) is 108 Å². The Hall–Kier alpha value is -3.23. The predicted octanol–water partition coefficient (Wildman–Crippen LogP) is 1.29. The molecule has 2 N–H and O–H groups in total. The van der Waals surface area contributed by atoms with E-state index < -0.39 is 12.0 Å². The molecule has 1 atom stereocenters. The summed E-state index contributed by atoms with van der Waals surface area (Å²) in [6.45, 7) is 0. The van der Waals surface area contributed by atoms with Gasteiger partial charge in [0.2, 0.25) is 11.7 Å². The molecule has 0 amide bonds. The molecular weight excluding hydrogens is 316 g/mol. The van der Waals surface area contributed by atoms with E-state index >= 15 is 0 Å². The zero-order valence-electron chi connectivity index (χ0n) is 13.3. The van der Waals surface area contributed by atoms with Crippen molar-refractivity contribution < 1.29 is 24.1 Å². The first-order valence-electron chi connectivity index (χ1n) is 7.01. The minimum atomic E-state index is -1.09. The molecule has 9 heteroatoms. The number of methoxy groups -OCH3 is 3. The van der Waals surface area contributed by atoms with E-state index in [0.29, 0.717) is 28.8 Å². The van der Waals surface area contributed by atoms with Crippen molar-refractivity contribution in [1.82, 2.24) is 14.8 Å². The van der Waals surface area contributed by atoms with E-state index in [2.05, 4.69) is 15.4 Å². The van der Waals surface area contributed by atoms with Gasteiger partial charge in [0.05, 0.1) is 21.3 Å². The summed E-state index contributed by atoms with van der Waals surface area (Å²) in [6.07, 6.45) is 2.88. The average Bonchev–Trinajstić information content (AvgIpc) is 3.07. The molecule has 0 saturated heterocycles. The van der Waals surface area contributed by atoms with Crippen molar-refractivity contribution in [1.29, 1.82) is 0 Å².